The monoisotopic (exact) mass is 352 g/mol. The average molecular weight is 352 g/mol. The smallest absolute Gasteiger partial charge is 0.228 e. The molecular weight excluding hydrogens is 328 g/mol. The molecule has 0 N–H and O–H groups in total. The lowest BCUT2D eigenvalue weighted by molar-refractivity contribution is -0.137. The molecule has 2 fully saturated rings. The summed E-state index contributed by atoms with van der Waals surface area (Å²) in [6.45, 7) is 2.62. The largest absolute Gasteiger partial charge is 0.339 e. The summed E-state index contributed by atoms with van der Waals surface area (Å²) < 4.78 is 2.21. The molecule has 3 aliphatic rings. The highest BCUT2D eigenvalue weighted by Gasteiger charge is 2.40. The number of hydrogen-bond donors (Lipinski definition) is 0. The van der Waals surface area contributed by atoms with Gasteiger partial charge in [0.1, 0.15) is 5.82 Å². The predicted octanol–water partition coefficient (Wildman–Crippen LogP) is 2.17. The van der Waals surface area contributed by atoms with Gasteiger partial charge in [0.2, 0.25) is 11.8 Å². The molecular formula is C20H24N4O2. The number of para-hydroxylation sites is 2. The van der Waals surface area contributed by atoms with Gasteiger partial charge in [-0.05, 0) is 25.0 Å². The number of likely N-dealkylation sites (tertiary alicyclic amines) is 1. The predicted molar refractivity (Wildman–Crippen MR) is 97.2 cm³/mol. The molecule has 1 saturated carbocycles. The van der Waals surface area contributed by atoms with Crippen LogP contribution < -0.4 is 0 Å². The maximum atomic E-state index is 13.0. The van der Waals surface area contributed by atoms with Gasteiger partial charge in [-0.25, -0.2) is 4.98 Å². The van der Waals surface area contributed by atoms with Crippen molar-refractivity contribution in [3.63, 3.8) is 0 Å². The molecule has 2 amide bonds. The maximum Gasteiger partial charge on any atom is 0.228 e. The van der Waals surface area contributed by atoms with Gasteiger partial charge in [-0.3, -0.25) is 9.59 Å². The standard InChI is InChI=1S/C20H24N4O2/c25-19-11-14(12-24(19)15-5-1-2-6-15)20(26)22-9-10-23-17-8-4-3-7-16(17)21-18(23)13-22/h3-4,7-8,14-15H,1-2,5-6,9-13H2/t14-/m1/s1. The number of nitrogens with zero attached hydrogens (tertiary/aromatic N) is 4. The fourth-order valence-corrected chi connectivity index (χ4v) is 4.88. The third-order valence-electron chi connectivity index (χ3n) is 6.24. The molecule has 5 rings (SSSR count). The number of fused-ring (bicyclic) bond motifs is 3. The second-order valence-corrected chi connectivity index (χ2v) is 7.81. The third kappa shape index (κ3) is 2.50. The maximum absolute atomic E-state index is 13.0. The zero-order valence-corrected chi connectivity index (χ0v) is 14.9. The van der Waals surface area contributed by atoms with E-state index in [2.05, 4.69) is 10.6 Å². The topological polar surface area (TPSA) is 58.4 Å². The number of rotatable bonds is 2. The van der Waals surface area contributed by atoms with E-state index in [1.165, 1.54) is 12.8 Å². The van der Waals surface area contributed by atoms with E-state index in [0.29, 0.717) is 32.1 Å². The second-order valence-electron chi connectivity index (χ2n) is 7.81. The quantitative estimate of drug-likeness (QED) is 0.832. The van der Waals surface area contributed by atoms with E-state index in [1.807, 2.05) is 28.0 Å². The Bertz CT molecular complexity index is 868. The first kappa shape index (κ1) is 15.9. The average Bonchev–Trinajstić information content (AvgIpc) is 3.38. The first-order chi connectivity index (χ1) is 12.7. The van der Waals surface area contributed by atoms with Crippen LogP contribution in [0.3, 0.4) is 0 Å². The van der Waals surface area contributed by atoms with Crippen molar-refractivity contribution in [3.05, 3.63) is 30.1 Å². The molecule has 1 saturated heterocycles. The summed E-state index contributed by atoms with van der Waals surface area (Å²) in [7, 11) is 0. The van der Waals surface area contributed by atoms with Crippen LogP contribution in [0.2, 0.25) is 0 Å². The van der Waals surface area contributed by atoms with Crippen LogP contribution in [0.25, 0.3) is 11.0 Å². The Balaban J connectivity index is 1.31. The van der Waals surface area contributed by atoms with Crippen LogP contribution in [0.1, 0.15) is 37.9 Å². The fourth-order valence-electron chi connectivity index (χ4n) is 4.88. The summed E-state index contributed by atoms with van der Waals surface area (Å²) in [6.07, 6.45) is 4.98. The molecule has 0 bridgehead atoms. The van der Waals surface area contributed by atoms with E-state index in [9.17, 15) is 9.59 Å². The second kappa shape index (κ2) is 6.11. The van der Waals surface area contributed by atoms with Gasteiger partial charge < -0.3 is 14.4 Å². The van der Waals surface area contributed by atoms with Gasteiger partial charge in [-0.2, -0.15) is 0 Å². The summed E-state index contributed by atoms with van der Waals surface area (Å²) in [6, 6.07) is 8.48. The van der Waals surface area contributed by atoms with E-state index in [1.54, 1.807) is 0 Å². The van der Waals surface area contributed by atoms with E-state index in [-0.39, 0.29) is 17.7 Å². The molecule has 0 spiro atoms. The highest BCUT2D eigenvalue weighted by molar-refractivity contribution is 5.89. The van der Waals surface area contributed by atoms with Crippen molar-refractivity contribution in [2.75, 3.05) is 13.1 Å². The van der Waals surface area contributed by atoms with Gasteiger partial charge >= 0.3 is 0 Å². The third-order valence-corrected chi connectivity index (χ3v) is 6.24. The summed E-state index contributed by atoms with van der Waals surface area (Å²) in [4.78, 5) is 34.0. The molecule has 1 aromatic carbocycles. The summed E-state index contributed by atoms with van der Waals surface area (Å²) >= 11 is 0. The molecule has 6 nitrogen and oxygen atoms in total. The van der Waals surface area contributed by atoms with E-state index in [0.717, 1.165) is 36.2 Å². The Morgan fingerprint density at radius 2 is 1.92 bits per heavy atom. The SMILES string of the molecule is O=C([C@@H]1CC(=O)N(C2CCCC2)C1)N1CCn2c(nc3ccccc32)C1. The molecule has 1 aromatic heterocycles. The molecule has 0 unspecified atom stereocenters. The van der Waals surface area contributed by atoms with Gasteiger partial charge in [-0.15, -0.1) is 0 Å². The van der Waals surface area contributed by atoms with Gasteiger partial charge in [0, 0.05) is 32.1 Å². The van der Waals surface area contributed by atoms with Crippen molar-refractivity contribution < 1.29 is 9.59 Å². The van der Waals surface area contributed by atoms with Crippen LogP contribution in [0, 0.1) is 5.92 Å². The molecule has 1 aliphatic carbocycles. The minimum absolute atomic E-state index is 0.122. The molecule has 6 heteroatoms. The van der Waals surface area contributed by atoms with Crippen LogP contribution in [0.15, 0.2) is 24.3 Å². The summed E-state index contributed by atoms with van der Waals surface area (Å²) in [5.74, 6) is 1.05. The molecule has 0 radical (unpaired) electrons. The van der Waals surface area contributed by atoms with E-state index in [4.69, 9.17) is 4.98 Å². The van der Waals surface area contributed by atoms with Crippen molar-refractivity contribution in [3.8, 4) is 0 Å². The molecule has 3 heterocycles. The zero-order valence-electron chi connectivity index (χ0n) is 14.9. The molecule has 1 atom stereocenters. The molecule has 136 valence electrons. The lowest BCUT2D eigenvalue weighted by Gasteiger charge is -2.30. The number of carbonyl (C=O) groups is 2. The van der Waals surface area contributed by atoms with Gasteiger partial charge in [0.15, 0.2) is 0 Å². The number of carbonyl (C=O) groups excluding carboxylic acids is 2. The first-order valence-corrected chi connectivity index (χ1v) is 9.73. The van der Waals surface area contributed by atoms with E-state index < -0.39 is 0 Å². The minimum Gasteiger partial charge on any atom is -0.339 e. The lowest BCUT2D eigenvalue weighted by Crippen LogP contribution is -2.42. The number of benzene rings is 1. The lowest BCUT2D eigenvalue weighted by atomic mass is 10.1. The summed E-state index contributed by atoms with van der Waals surface area (Å²) in [5.41, 5.74) is 2.12. The van der Waals surface area contributed by atoms with Crippen molar-refractivity contribution in [1.29, 1.82) is 0 Å². The number of amides is 2. The van der Waals surface area contributed by atoms with Crippen LogP contribution in [0.4, 0.5) is 0 Å². The van der Waals surface area contributed by atoms with Crippen LogP contribution >= 0.6 is 0 Å². The Hall–Kier alpha value is -2.37. The highest BCUT2D eigenvalue weighted by Crippen LogP contribution is 2.31. The molecule has 2 aromatic rings. The first-order valence-electron chi connectivity index (χ1n) is 9.73. The van der Waals surface area contributed by atoms with Gasteiger partial charge in [0.05, 0.1) is 23.5 Å². The Morgan fingerprint density at radius 3 is 2.77 bits per heavy atom. The fraction of sp³-hybridized carbons (Fsp3) is 0.550. The molecule has 26 heavy (non-hydrogen) atoms. The zero-order chi connectivity index (χ0) is 17.7. The minimum atomic E-state index is -0.181. The van der Waals surface area contributed by atoms with Crippen LogP contribution in [0.5, 0.6) is 0 Å². The number of aromatic nitrogens is 2. The van der Waals surface area contributed by atoms with Crippen molar-refractivity contribution in [2.45, 2.75) is 51.2 Å². The number of hydrogen-bond acceptors (Lipinski definition) is 3. The Morgan fingerprint density at radius 1 is 1.12 bits per heavy atom. The van der Waals surface area contributed by atoms with Crippen LogP contribution in [-0.4, -0.2) is 50.3 Å². The van der Waals surface area contributed by atoms with Crippen molar-refractivity contribution in [2.24, 2.45) is 5.92 Å². The Labute approximate surface area is 152 Å². The summed E-state index contributed by atoms with van der Waals surface area (Å²) in [5, 5.41) is 0. The van der Waals surface area contributed by atoms with Crippen LogP contribution in [-0.2, 0) is 22.7 Å². The number of imidazole rings is 1. The highest BCUT2D eigenvalue weighted by atomic mass is 16.2. The normalized spacial score (nSPS) is 23.8. The van der Waals surface area contributed by atoms with E-state index >= 15 is 0 Å². The van der Waals surface area contributed by atoms with Gasteiger partial charge in [-0.1, -0.05) is 25.0 Å². The Kier molecular flexibility index (Phi) is 3.72. The van der Waals surface area contributed by atoms with Gasteiger partial charge in [0.25, 0.3) is 0 Å². The van der Waals surface area contributed by atoms with Crippen molar-refractivity contribution >= 4 is 22.8 Å². The molecule has 2 aliphatic heterocycles. The van der Waals surface area contributed by atoms with Crippen molar-refractivity contribution in [1.82, 2.24) is 19.4 Å².